The van der Waals surface area contributed by atoms with Crippen molar-refractivity contribution in [2.45, 2.75) is 25.5 Å². The first kappa shape index (κ1) is 24.7. The molecule has 2 aromatic carbocycles. The molecule has 168 valence electrons. The van der Waals surface area contributed by atoms with Crippen LogP contribution < -0.4 is 10.2 Å². The summed E-state index contributed by atoms with van der Waals surface area (Å²) in [5, 5.41) is 21.8. The minimum Gasteiger partial charge on any atom is -0.388 e. The number of Topliss-reactive ketones (excluding diaryl/α,β-unsaturated/α-hetero) is 1. The second-order valence-corrected chi connectivity index (χ2v) is 8.05. The second-order valence-electron chi connectivity index (χ2n) is 8.05. The maximum atomic E-state index is 12.6. The number of aliphatic hydroxyl groups is 2. The summed E-state index contributed by atoms with van der Waals surface area (Å²) in [4.78, 5) is 28.3. The highest BCUT2D eigenvalue weighted by molar-refractivity contribution is 7.59. The van der Waals surface area contributed by atoms with Gasteiger partial charge in [-0.1, -0.05) is 42.5 Å². The molecule has 31 heavy (non-hydrogen) atoms. The first-order chi connectivity index (χ1) is 14.3. The zero-order valence-electron chi connectivity index (χ0n) is 17.9. The number of piperazine rings is 1. The number of carbonyl (C=O) groups excluding carboxylic acids is 2. The Morgan fingerprint density at radius 3 is 2.03 bits per heavy atom. The van der Waals surface area contributed by atoms with Crippen molar-refractivity contribution >= 4 is 31.0 Å². The van der Waals surface area contributed by atoms with Crippen molar-refractivity contribution in [2.24, 2.45) is 0 Å². The SMILES string of the molecule is CC(C)(O)[C@@H](NC(=O)N1CCN(c2ccc(-c3ccccc3)cc2)CC1)C(=O)CO.S. The minimum absolute atomic E-state index is 0. The fourth-order valence-corrected chi connectivity index (χ4v) is 3.62. The van der Waals surface area contributed by atoms with Gasteiger partial charge in [-0.05, 0) is 37.1 Å². The Bertz CT molecular complexity index is 861. The van der Waals surface area contributed by atoms with Crippen molar-refractivity contribution in [1.29, 1.82) is 0 Å². The lowest BCUT2D eigenvalue weighted by Gasteiger charge is -2.37. The molecule has 1 fully saturated rings. The van der Waals surface area contributed by atoms with E-state index in [0.717, 1.165) is 11.3 Å². The van der Waals surface area contributed by atoms with Crippen molar-refractivity contribution in [3.8, 4) is 11.1 Å². The quantitative estimate of drug-likeness (QED) is 0.633. The lowest BCUT2D eigenvalue weighted by Crippen LogP contribution is -2.60. The molecule has 7 nitrogen and oxygen atoms in total. The summed E-state index contributed by atoms with van der Waals surface area (Å²) < 4.78 is 0. The molecule has 0 spiro atoms. The normalized spacial score (nSPS) is 15.1. The molecule has 3 rings (SSSR count). The van der Waals surface area contributed by atoms with Gasteiger partial charge in [-0.3, -0.25) is 4.79 Å². The van der Waals surface area contributed by atoms with E-state index in [0.29, 0.717) is 26.2 Å². The van der Waals surface area contributed by atoms with Crippen LogP contribution in [0.15, 0.2) is 54.6 Å². The number of hydrogen-bond donors (Lipinski definition) is 3. The fourth-order valence-electron chi connectivity index (χ4n) is 3.62. The summed E-state index contributed by atoms with van der Waals surface area (Å²) in [6, 6.07) is 17.0. The first-order valence-corrected chi connectivity index (χ1v) is 10.1. The Kier molecular flexibility index (Phi) is 8.50. The molecule has 1 aliphatic rings. The molecular formula is C23H31N3O4S. The molecule has 0 aromatic heterocycles. The Balaban J connectivity index is 0.00000341. The summed E-state index contributed by atoms with van der Waals surface area (Å²) in [7, 11) is 0. The average Bonchev–Trinajstić information content (AvgIpc) is 2.77. The third-order valence-electron chi connectivity index (χ3n) is 5.36. The summed E-state index contributed by atoms with van der Waals surface area (Å²) in [6.07, 6.45) is 0. The number of urea groups is 1. The minimum atomic E-state index is -1.46. The summed E-state index contributed by atoms with van der Waals surface area (Å²) >= 11 is 0. The molecule has 0 saturated carbocycles. The van der Waals surface area contributed by atoms with E-state index >= 15 is 0 Å². The average molecular weight is 446 g/mol. The number of nitrogens with zero attached hydrogens (tertiary/aromatic N) is 2. The summed E-state index contributed by atoms with van der Waals surface area (Å²) in [5.41, 5.74) is 1.96. The number of anilines is 1. The highest BCUT2D eigenvalue weighted by Gasteiger charge is 2.35. The molecule has 8 heteroatoms. The number of amides is 2. The molecule has 0 unspecified atom stereocenters. The van der Waals surface area contributed by atoms with Crippen LogP contribution in [0.4, 0.5) is 10.5 Å². The van der Waals surface area contributed by atoms with Crippen molar-refractivity contribution in [2.75, 3.05) is 37.7 Å². The number of carbonyl (C=O) groups is 2. The van der Waals surface area contributed by atoms with E-state index in [1.165, 1.54) is 19.4 Å². The number of benzene rings is 2. The number of aliphatic hydroxyl groups excluding tert-OH is 1. The van der Waals surface area contributed by atoms with Crippen LogP contribution in [0.2, 0.25) is 0 Å². The molecule has 1 aliphatic heterocycles. The van der Waals surface area contributed by atoms with Gasteiger partial charge in [0.05, 0.1) is 5.60 Å². The molecule has 3 N–H and O–H groups in total. The number of hydrogen-bond acceptors (Lipinski definition) is 5. The molecule has 2 aromatic rings. The zero-order valence-corrected chi connectivity index (χ0v) is 18.9. The van der Waals surface area contributed by atoms with E-state index in [-0.39, 0.29) is 13.5 Å². The highest BCUT2D eigenvalue weighted by Crippen LogP contribution is 2.24. The van der Waals surface area contributed by atoms with E-state index in [9.17, 15) is 14.7 Å². The number of rotatable bonds is 6. The van der Waals surface area contributed by atoms with Gasteiger partial charge in [0.1, 0.15) is 12.6 Å². The fraction of sp³-hybridized carbons (Fsp3) is 0.391. The van der Waals surface area contributed by atoms with Crippen LogP contribution >= 0.6 is 13.5 Å². The highest BCUT2D eigenvalue weighted by atomic mass is 32.1. The maximum absolute atomic E-state index is 12.6. The summed E-state index contributed by atoms with van der Waals surface area (Å²) in [6.45, 7) is 4.46. The molecule has 0 bridgehead atoms. The van der Waals surface area contributed by atoms with E-state index in [4.69, 9.17) is 5.11 Å². The van der Waals surface area contributed by atoms with Crippen LogP contribution in [0.1, 0.15) is 13.8 Å². The maximum Gasteiger partial charge on any atom is 0.318 e. The van der Waals surface area contributed by atoms with Gasteiger partial charge < -0.3 is 25.3 Å². The summed E-state index contributed by atoms with van der Waals surface area (Å²) in [5.74, 6) is -0.618. The lowest BCUT2D eigenvalue weighted by molar-refractivity contribution is -0.129. The molecule has 0 radical (unpaired) electrons. The van der Waals surface area contributed by atoms with Gasteiger partial charge in [-0.2, -0.15) is 13.5 Å². The number of nitrogens with one attached hydrogen (secondary N) is 1. The van der Waals surface area contributed by atoms with Crippen molar-refractivity contribution in [3.63, 3.8) is 0 Å². The van der Waals surface area contributed by atoms with Gasteiger partial charge in [0.15, 0.2) is 5.78 Å². The standard InChI is InChI=1S/C23H29N3O4.H2S/c1-23(2,30)21(20(28)16-27)24-22(29)26-14-12-25(13-15-26)19-10-8-18(9-11-19)17-6-4-3-5-7-17;/h3-11,21,27,30H,12-16H2,1-2H3,(H,24,29);1H2/t21-;/m0./s1. The Morgan fingerprint density at radius 1 is 0.968 bits per heavy atom. The number of ketones is 1. The topological polar surface area (TPSA) is 93.1 Å². The van der Waals surface area contributed by atoms with E-state index < -0.39 is 30.1 Å². The molecule has 1 atom stereocenters. The van der Waals surface area contributed by atoms with E-state index in [1.54, 1.807) is 4.90 Å². The Hall–Kier alpha value is -2.55. The van der Waals surface area contributed by atoms with Gasteiger partial charge in [0.25, 0.3) is 0 Å². The van der Waals surface area contributed by atoms with Crippen LogP contribution in [0.3, 0.4) is 0 Å². The predicted octanol–water partition coefficient (Wildman–Crippen LogP) is 2.00. The van der Waals surface area contributed by atoms with Gasteiger partial charge in [0.2, 0.25) is 0 Å². The molecule has 1 saturated heterocycles. The van der Waals surface area contributed by atoms with Crippen LogP contribution in [-0.4, -0.2) is 71.4 Å². The van der Waals surface area contributed by atoms with Gasteiger partial charge in [-0.15, -0.1) is 0 Å². The molecule has 0 aliphatic carbocycles. The third-order valence-corrected chi connectivity index (χ3v) is 5.36. The van der Waals surface area contributed by atoms with Crippen molar-refractivity contribution < 1.29 is 19.8 Å². The third kappa shape index (κ3) is 6.22. The molecular weight excluding hydrogens is 414 g/mol. The van der Waals surface area contributed by atoms with Crippen LogP contribution in [0.5, 0.6) is 0 Å². The van der Waals surface area contributed by atoms with Gasteiger partial charge >= 0.3 is 6.03 Å². The Morgan fingerprint density at radius 2 is 1.52 bits per heavy atom. The molecule has 2 amide bonds. The van der Waals surface area contributed by atoms with Gasteiger partial charge in [-0.25, -0.2) is 4.79 Å². The van der Waals surface area contributed by atoms with E-state index in [2.05, 4.69) is 46.6 Å². The second kappa shape index (κ2) is 10.7. The Labute approximate surface area is 190 Å². The van der Waals surface area contributed by atoms with E-state index in [1.807, 2.05) is 18.2 Å². The molecule has 1 heterocycles. The monoisotopic (exact) mass is 445 g/mol. The van der Waals surface area contributed by atoms with Crippen LogP contribution in [-0.2, 0) is 4.79 Å². The lowest BCUT2D eigenvalue weighted by atomic mass is 9.95. The largest absolute Gasteiger partial charge is 0.388 e. The van der Waals surface area contributed by atoms with Crippen LogP contribution in [0.25, 0.3) is 11.1 Å². The van der Waals surface area contributed by atoms with Crippen molar-refractivity contribution in [3.05, 3.63) is 54.6 Å². The van der Waals surface area contributed by atoms with Crippen LogP contribution in [0, 0.1) is 0 Å². The van der Waals surface area contributed by atoms with Gasteiger partial charge in [0, 0.05) is 31.9 Å². The first-order valence-electron chi connectivity index (χ1n) is 10.1. The smallest absolute Gasteiger partial charge is 0.318 e. The van der Waals surface area contributed by atoms with Crippen molar-refractivity contribution in [1.82, 2.24) is 10.2 Å². The zero-order chi connectivity index (χ0) is 21.7. The predicted molar refractivity (Wildman–Crippen MR) is 127 cm³/mol.